The number of benzene rings is 1. The summed E-state index contributed by atoms with van der Waals surface area (Å²) in [4.78, 5) is 1.34. The number of aryl methyl sites for hydroxylation is 1. The van der Waals surface area contributed by atoms with E-state index in [4.69, 9.17) is 0 Å². The molecule has 1 aliphatic rings. The van der Waals surface area contributed by atoms with E-state index in [-0.39, 0.29) is 12.0 Å². The lowest BCUT2D eigenvalue weighted by atomic mass is 9.68. The summed E-state index contributed by atoms with van der Waals surface area (Å²) in [7, 11) is 0. The second-order valence-corrected chi connectivity index (χ2v) is 7.17. The Balaban J connectivity index is 2.03. The van der Waals surface area contributed by atoms with Crippen LogP contribution >= 0.6 is 27.3 Å². The average molecular weight is 337 g/mol. The van der Waals surface area contributed by atoms with E-state index in [0.29, 0.717) is 0 Å². The van der Waals surface area contributed by atoms with Crippen LogP contribution < -0.4 is 0 Å². The van der Waals surface area contributed by atoms with Crippen molar-refractivity contribution < 1.29 is 5.11 Å². The molecule has 0 radical (unpaired) electrons. The van der Waals surface area contributed by atoms with Gasteiger partial charge in [0.2, 0.25) is 0 Å². The molecular formula is C16H17BrOS. The molecule has 2 aromatic rings. The Bertz CT molecular complexity index is 578. The molecule has 0 spiro atoms. The second kappa shape index (κ2) is 5.39. The molecule has 1 atom stereocenters. The molecule has 19 heavy (non-hydrogen) atoms. The van der Waals surface area contributed by atoms with Crippen LogP contribution in [0, 0.1) is 0 Å². The summed E-state index contributed by atoms with van der Waals surface area (Å²) < 4.78 is 1.17. The highest BCUT2D eigenvalue weighted by molar-refractivity contribution is 9.10. The van der Waals surface area contributed by atoms with Gasteiger partial charge in [0.1, 0.15) is 0 Å². The lowest BCUT2D eigenvalue weighted by Gasteiger charge is -2.37. The molecule has 0 amide bonds. The molecule has 100 valence electrons. The summed E-state index contributed by atoms with van der Waals surface area (Å²) in [5.74, 6) is 0. The van der Waals surface area contributed by atoms with E-state index < -0.39 is 0 Å². The zero-order valence-corrected chi connectivity index (χ0v) is 13.1. The largest absolute Gasteiger partial charge is 0.395 e. The lowest BCUT2D eigenvalue weighted by Crippen LogP contribution is -2.36. The van der Waals surface area contributed by atoms with Gasteiger partial charge in [0.25, 0.3) is 0 Å². The number of aliphatic hydroxyl groups is 1. The van der Waals surface area contributed by atoms with Crippen LogP contribution in [0.2, 0.25) is 0 Å². The van der Waals surface area contributed by atoms with Crippen molar-refractivity contribution in [2.75, 3.05) is 6.61 Å². The minimum atomic E-state index is -0.0950. The Kier molecular flexibility index (Phi) is 3.79. The Morgan fingerprint density at radius 3 is 2.84 bits per heavy atom. The predicted molar refractivity (Wildman–Crippen MR) is 83.9 cm³/mol. The number of fused-ring (bicyclic) bond motifs is 1. The lowest BCUT2D eigenvalue weighted by molar-refractivity contribution is 0.173. The molecule has 1 nitrogen and oxygen atoms in total. The fourth-order valence-corrected chi connectivity index (χ4v) is 4.81. The van der Waals surface area contributed by atoms with Crippen molar-refractivity contribution in [3.63, 3.8) is 0 Å². The van der Waals surface area contributed by atoms with Gasteiger partial charge in [-0.1, -0.05) is 24.3 Å². The zero-order valence-electron chi connectivity index (χ0n) is 10.7. The van der Waals surface area contributed by atoms with Crippen LogP contribution in [0.3, 0.4) is 0 Å². The van der Waals surface area contributed by atoms with Gasteiger partial charge in [-0.05, 0) is 64.2 Å². The molecule has 0 saturated carbocycles. The van der Waals surface area contributed by atoms with E-state index in [0.717, 1.165) is 19.3 Å². The van der Waals surface area contributed by atoms with Gasteiger partial charge in [0, 0.05) is 14.8 Å². The Labute approximate surface area is 126 Å². The van der Waals surface area contributed by atoms with Crippen LogP contribution in [-0.4, -0.2) is 11.7 Å². The molecule has 1 aromatic carbocycles. The van der Waals surface area contributed by atoms with Crippen molar-refractivity contribution in [3.8, 4) is 0 Å². The molecule has 1 aliphatic carbocycles. The Morgan fingerprint density at radius 2 is 2.11 bits per heavy atom. The maximum Gasteiger partial charge on any atom is 0.0531 e. The molecular weight excluding hydrogens is 320 g/mol. The summed E-state index contributed by atoms with van der Waals surface area (Å²) in [6.45, 7) is 0.231. The molecule has 0 bridgehead atoms. The van der Waals surface area contributed by atoms with Crippen molar-refractivity contribution in [3.05, 3.63) is 56.2 Å². The highest BCUT2D eigenvalue weighted by Gasteiger charge is 2.36. The monoisotopic (exact) mass is 336 g/mol. The fourth-order valence-electron chi connectivity index (χ4n) is 3.17. The molecule has 1 aromatic heterocycles. The molecule has 0 fully saturated rings. The molecule has 1 unspecified atom stereocenters. The van der Waals surface area contributed by atoms with Crippen molar-refractivity contribution in [1.82, 2.24) is 0 Å². The third-order valence-corrected chi connectivity index (χ3v) is 6.11. The smallest absolute Gasteiger partial charge is 0.0531 e. The van der Waals surface area contributed by atoms with Gasteiger partial charge in [0.15, 0.2) is 0 Å². The van der Waals surface area contributed by atoms with Crippen molar-refractivity contribution in [1.29, 1.82) is 0 Å². The maximum absolute atomic E-state index is 10.1. The van der Waals surface area contributed by atoms with Gasteiger partial charge < -0.3 is 5.11 Å². The van der Waals surface area contributed by atoms with Crippen LogP contribution in [-0.2, 0) is 18.3 Å². The van der Waals surface area contributed by atoms with E-state index in [9.17, 15) is 5.11 Å². The molecule has 0 aliphatic heterocycles. The second-order valence-electron chi connectivity index (χ2n) is 5.32. The third-order valence-electron chi connectivity index (χ3n) is 4.18. The topological polar surface area (TPSA) is 20.2 Å². The third kappa shape index (κ3) is 2.39. The Hall–Kier alpha value is -0.640. The normalized spacial score (nSPS) is 22.2. The molecule has 3 rings (SSSR count). The minimum absolute atomic E-state index is 0.0950. The maximum atomic E-state index is 10.1. The summed E-state index contributed by atoms with van der Waals surface area (Å²) in [5.41, 5.74) is 2.67. The van der Waals surface area contributed by atoms with Crippen molar-refractivity contribution in [2.45, 2.75) is 31.1 Å². The predicted octanol–water partition coefficient (Wildman–Crippen LogP) is 4.32. The first kappa shape index (κ1) is 13.3. The molecule has 3 heteroatoms. The van der Waals surface area contributed by atoms with E-state index in [2.05, 4.69) is 51.6 Å². The fraction of sp³-hybridized carbons (Fsp3) is 0.375. The van der Waals surface area contributed by atoms with Gasteiger partial charge in [-0.25, -0.2) is 0 Å². The van der Waals surface area contributed by atoms with Crippen LogP contribution in [0.15, 0.2) is 40.2 Å². The number of aliphatic hydroxyl groups excluding tert-OH is 1. The van der Waals surface area contributed by atoms with Gasteiger partial charge in [0.05, 0.1) is 6.61 Å². The van der Waals surface area contributed by atoms with Crippen LogP contribution in [0.1, 0.15) is 28.8 Å². The summed E-state index contributed by atoms with van der Waals surface area (Å²) >= 11 is 5.39. The molecule has 1 N–H and O–H groups in total. The number of hydrogen-bond donors (Lipinski definition) is 1. The Morgan fingerprint density at radius 1 is 1.26 bits per heavy atom. The summed E-state index contributed by atoms with van der Waals surface area (Å²) in [6, 6.07) is 10.7. The first-order valence-corrected chi connectivity index (χ1v) is 8.33. The van der Waals surface area contributed by atoms with E-state index in [1.165, 1.54) is 26.9 Å². The number of thiophene rings is 1. The highest BCUT2D eigenvalue weighted by Crippen LogP contribution is 2.41. The zero-order chi connectivity index (χ0) is 13.3. The highest BCUT2D eigenvalue weighted by atomic mass is 79.9. The van der Waals surface area contributed by atoms with Gasteiger partial charge in [-0.15, -0.1) is 11.3 Å². The van der Waals surface area contributed by atoms with Crippen LogP contribution in [0.4, 0.5) is 0 Å². The van der Waals surface area contributed by atoms with Crippen LogP contribution in [0.5, 0.6) is 0 Å². The summed E-state index contributed by atoms with van der Waals surface area (Å²) in [6.07, 6.45) is 4.31. The molecule has 1 heterocycles. The first-order chi connectivity index (χ1) is 9.25. The summed E-state index contributed by atoms with van der Waals surface area (Å²) in [5, 5.41) is 12.2. The number of rotatable bonds is 3. The van der Waals surface area contributed by atoms with E-state index in [1.54, 1.807) is 11.3 Å². The van der Waals surface area contributed by atoms with Gasteiger partial charge in [-0.2, -0.15) is 0 Å². The van der Waals surface area contributed by atoms with Gasteiger partial charge >= 0.3 is 0 Å². The quantitative estimate of drug-likeness (QED) is 0.884. The van der Waals surface area contributed by atoms with Crippen molar-refractivity contribution in [2.24, 2.45) is 0 Å². The molecule has 0 saturated heterocycles. The minimum Gasteiger partial charge on any atom is -0.395 e. The van der Waals surface area contributed by atoms with E-state index >= 15 is 0 Å². The van der Waals surface area contributed by atoms with Crippen LogP contribution in [0.25, 0.3) is 0 Å². The SMILES string of the molecule is OCC1(Cc2sccc2Br)CCCc2ccccc21. The van der Waals surface area contributed by atoms with Gasteiger partial charge in [-0.3, -0.25) is 0 Å². The number of hydrogen-bond acceptors (Lipinski definition) is 2. The average Bonchev–Trinajstić information content (AvgIpc) is 2.84. The first-order valence-electron chi connectivity index (χ1n) is 6.66. The number of halogens is 1. The van der Waals surface area contributed by atoms with Crippen molar-refractivity contribution >= 4 is 27.3 Å². The van der Waals surface area contributed by atoms with E-state index in [1.807, 2.05) is 0 Å². The standard InChI is InChI=1S/C16H17BrOS/c17-14-7-9-19-15(14)10-16(11-18)8-3-5-12-4-1-2-6-13(12)16/h1-2,4,6-7,9,18H,3,5,8,10-11H2.